The first kappa shape index (κ1) is 15.0. The van der Waals surface area contributed by atoms with Crippen LogP contribution >= 0.6 is 11.6 Å². The zero-order chi connectivity index (χ0) is 15.0. The van der Waals surface area contributed by atoms with E-state index < -0.39 is 11.7 Å². The van der Waals surface area contributed by atoms with Crippen molar-refractivity contribution in [2.45, 2.75) is 31.5 Å². The van der Waals surface area contributed by atoms with Gasteiger partial charge in [0.25, 0.3) is 0 Å². The Morgan fingerprint density at radius 3 is 2.52 bits per heavy atom. The van der Waals surface area contributed by atoms with Crippen molar-refractivity contribution in [3.8, 4) is 5.75 Å². The highest BCUT2D eigenvalue weighted by Gasteiger charge is 2.41. The van der Waals surface area contributed by atoms with Gasteiger partial charge in [-0.15, -0.1) is 0 Å². The molecular weight excluding hydrogens is 303 g/mol. The van der Waals surface area contributed by atoms with Gasteiger partial charge in [-0.2, -0.15) is 13.2 Å². The Morgan fingerprint density at radius 1 is 1.19 bits per heavy atom. The Kier molecular flexibility index (Phi) is 4.06. The Labute approximate surface area is 126 Å². The molecule has 0 radical (unpaired) electrons. The average Bonchev–Trinajstić information content (AvgIpc) is 3.10. The molecule has 1 saturated heterocycles. The van der Waals surface area contributed by atoms with Gasteiger partial charge >= 0.3 is 6.18 Å². The SMILES string of the molecule is FC(F)(F)c1cc(Cl)ccc1OC(C1CC1)[C@@H]1CCNC1. The fourth-order valence-corrected chi connectivity index (χ4v) is 3.10. The van der Waals surface area contributed by atoms with Crippen LogP contribution in [0.5, 0.6) is 5.75 Å². The van der Waals surface area contributed by atoms with Gasteiger partial charge in [-0.1, -0.05) is 11.6 Å². The predicted molar refractivity (Wildman–Crippen MR) is 74.6 cm³/mol. The first-order chi connectivity index (χ1) is 9.95. The van der Waals surface area contributed by atoms with Gasteiger partial charge in [0.05, 0.1) is 5.56 Å². The maximum Gasteiger partial charge on any atom is 0.420 e. The summed E-state index contributed by atoms with van der Waals surface area (Å²) in [5.41, 5.74) is -0.786. The molecule has 1 aliphatic heterocycles. The molecule has 21 heavy (non-hydrogen) atoms. The first-order valence-corrected chi connectivity index (χ1v) is 7.57. The van der Waals surface area contributed by atoms with E-state index in [9.17, 15) is 13.2 Å². The van der Waals surface area contributed by atoms with Crippen LogP contribution in [-0.2, 0) is 6.18 Å². The summed E-state index contributed by atoms with van der Waals surface area (Å²) in [4.78, 5) is 0. The maximum absolute atomic E-state index is 13.1. The van der Waals surface area contributed by atoms with Crippen LogP contribution in [0, 0.1) is 11.8 Å². The van der Waals surface area contributed by atoms with Gasteiger partial charge in [-0.05, 0) is 49.9 Å². The van der Waals surface area contributed by atoms with E-state index in [0.29, 0.717) is 5.92 Å². The van der Waals surface area contributed by atoms with Crippen LogP contribution < -0.4 is 10.1 Å². The van der Waals surface area contributed by atoms with E-state index in [1.54, 1.807) is 0 Å². The standard InChI is InChI=1S/C15H17ClF3NO/c16-11-3-4-13(12(7-11)15(17,18)19)21-14(9-1-2-9)10-5-6-20-8-10/h3-4,7,9-10,14,20H,1-2,5-6,8H2/t10-,14?/m1/s1. The third-order valence-electron chi connectivity index (χ3n) is 4.16. The monoisotopic (exact) mass is 319 g/mol. The lowest BCUT2D eigenvalue weighted by Gasteiger charge is -2.26. The molecule has 3 rings (SSSR count). The highest BCUT2D eigenvalue weighted by Crippen LogP contribution is 2.43. The second kappa shape index (κ2) is 5.69. The number of alkyl halides is 3. The molecule has 0 amide bonds. The molecule has 2 fully saturated rings. The van der Waals surface area contributed by atoms with Crippen LogP contribution in [0.25, 0.3) is 0 Å². The van der Waals surface area contributed by atoms with Crippen LogP contribution in [0.1, 0.15) is 24.8 Å². The third-order valence-corrected chi connectivity index (χ3v) is 4.39. The molecule has 6 heteroatoms. The summed E-state index contributed by atoms with van der Waals surface area (Å²) in [5, 5.41) is 3.32. The van der Waals surface area contributed by atoms with Gasteiger partial charge in [0.1, 0.15) is 11.9 Å². The highest BCUT2D eigenvalue weighted by atomic mass is 35.5. The fraction of sp³-hybridized carbons (Fsp3) is 0.600. The molecule has 2 nitrogen and oxygen atoms in total. The van der Waals surface area contributed by atoms with Crippen molar-refractivity contribution in [3.63, 3.8) is 0 Å². The highest BCUT2D eigenvalue weighted by molar-refractivity contribution is 6.30. The first-order valence-electron chi connectivity index (χ1n) is 7.19. The second-order valence-corrected chi connectivity index (χ2v) is 6.25. The van der Waals surface area contributed by atoms with Crippen molar-refractivity contribution in [2.24, 2.45) is 11.8 Å². The van der Waals surface area contributed by atoms with E-state index in [0.717, 1.165) is 38.4 Å². The van der Waals surface area contributed by atoms with Gasteiger partial charge in [0.15, 0.2) is 0 Å². The minimum absolute atomic E-state index is 0.0696. The average molecular weight is 320 g/mol. The van der Waals surface area contributed by atoms with Crippen LogP contribution in [0.15, 0.2) is 18.2 Å². The van der Waals surface area contributed by atoms with Gasteiger partial charge in [-0.3, -0.25) is 0 Å². The van der Waals surface area contributed by atoms with E-state index in [4.69, 9.17) is 16.3 Å². The van der Waals surface area contributed by atoms with Crippen molar-refractivity contribution in [1.82, 2.24) is 5.32 Å². The molecule has 0 aromatic heterocycles. The Morgan fingerprint density at radius 2 is 1.95 bits per heavy atom. The fourth-order valence-electron chi connectivity index (χ4n) is 2.93. The Hall–Kier alpha value is -0.940. The number of hydrogen-bond donors (Lipinski definition) is 1. The lowest BCUT2D eigenvalue weighted by atomic mass is 9.97. The Bertz CT molecular complexity index is 510. The molecule has 1 aromatic carbocycles. The predicted octanol–water partition coefficient (Wildman–Crippen LogP) is 4.13. The van der Waals surface area contributed by atoms with Crippen LogP contribution in [-0.4, -0.2) is 19.2 Å². The topological polar surface area (TPSA) is 21.3 Å². The van der Waals surface area contributed by atoms with Crippen molar-refractivity contribution < 1.29 is 17.9 Å². The molecule has 1 aliphatic carbocycles. The van der Waals surface area contributed by atoms with E-state index in [1.807, 2.05) is 0 Å². The Balaban J connectivity index is 1.85. The summed E-state index contributed by atoms with van der Waals surface area (Å²) in [6.45, 7) is 1.72. The minimum Gasteiger partial charge on any atom is -0.489 e. The summed E-state index contributed by atoms with van der Waals surface area (Å²) in [6, 6.07) is 3.72. The van der Waals surface area contributed by atoms with Gasteiger partial charge < -0.3 is 10.1 Å². The van der Waals surface area contributed by atoms with Crippen LogP contribution in [0.4, 0.5) is 13.2 Å². The van der Waals surface area contributed by atoms with E-state index in [1.165, 1.54) is 12.1 Å². The minimum atomic E-state index is -4.46. The molecule has 2 aliphatic rings. The zero-order valence-electron chi connectivity index (χ0n) is 11.4. The van der Waals surface area contributed by atoms with Gasteiger partial charge in [0.2, 0.25) is 0 Å². The normalized spacial score (nSPS) is 24.1. The lowest BCUT2D eigenvalue weighted by Crippen LogP contribution is -2.31. The molecule has 1 unspecified atom stereocenters. The third kappa shape index (κ3) is 3.46. The van der Waals surface area contributed by atoms with Gasteiger partial charge in [0, 0.05) is 17.5 Å². The molecule has 1 N–H and O–H groups in total. The molecule has 1 saturated carbocycles. The van der Waals surface area contributed by atoms with Crippen molar-refractivity contribution in [1.29, 1.82) is 0 Å². The molecule has 1 aromatic rings. The number of halogens is 4. The largest absolute Gasteiger partial charge is 0.489 e. The smallest absolute Gasteiger partial charge is 0.420 e. The zero-order valence-corrected chi connectivity index (χ0v) is 12.2. The number of hydrogen-bond acceptors (Lipinski definition) is 2. The van der Waals surface area contributed by atoms with Crippen molar-refractivity contribution in [3.05, 3.63) is 28.8 Å². The molecule has 2 atom stereocenters. The molecule has 0 bridgehead atoms. The summed E-state index contributed by atoms with van der Waals surface area (Å²) in [7, 11) is 0. The summed E-state index contributed by atoms with van der Waals surface area (Å²) < 4.78 is 45.2. The lowest BCUT2D eigenvalue weighted by molar-refractivity contribution is -0.139. The molecule has 0 spiro atoms. The summed E-state index contributed by atoms with van der Waals surface area (Å²) in [6.07, 6.45) is -1.56. The van der Waals surface area contributed by atoms with Crippen molar-refractivity contribution >= 4 is 11.6 Å². The summed E-state index contributed by atoms with van der Waals surface area (Å²) >= 11 is 5.70. The molecule has 1 heterocycles. The number of nitrogens with one attached hydrogen (secondary N) is 1. The van der Waals surface area contributed by atoms with E-state index in [-0.39, 0.29) is 22.8 Å². The van der Waals surface area contributed by atoms with Crippen LogP contribution in [0.3, 0.4) is 0 Å². The van der Waals surface area contributed by atoms with E-state index in [2.05, 4.69) is 5.32 Å². The molecular formula is C15H17ClF3NO. The summed E-state index contributed by atoms with van der Waals surface area (Å²) in [5.74, 6) is 0.566. The van der Waals surface area contributed by atoms with Crippen molar-refractivity contribution in [2.75, 3.05) is 13.1 Å². The van der Waals surface area contributed by atoms with Crippen LogP contribution in [0.2, 0.25) is 5.02 Å². The van der Waals surface area contributed by atoms with E-state index >= 15 is 0 Å². The van der Waals surface area contributed by atoms with Gasteiger partial charge in [-0.25, -0.2) is 0 Å². The molecule has 116 valence electrons. The quantitative estimate of drug-likeness (QED) is 0.901. The number of rotatable bonds is 4. The second-order valence-electron chi connectivity index (χ2n) is 5.81. The number of ether oxygens (including phenoxy) is 1. The maximum atomic E-state index is 13.1. The number of benzene rings is 1.